The maximum absolute atomic E-state index is 12.7. The molecule has 0 aliphatic carbocycles. The zero-order chi connectivity index (χ0) is 20.4. The van der Waals surface area contributed by atoms with Crippen LogP contribution in [0.4, 0.5) is 19.0 Å². The van der Waals surface area contributed by atoms with Crippen LogP contribution < -0.4 is 11.1 Å². The van der Waals surface area contributed by atoms with Crippen molar-refractivity contribution in [3.05, 3.63) is 53.2 Å². The van der Waals surface area contributed by atoms with Crippen molar-refractivity contribution in [2.45, 2.75) is 37.6 Å². The Morgan fingerprint density at radius 1 is 1.21 bits per heavy atom. The second kappa shape index (κ2) is 8.25. The van der Waals surface area contributed by atoms with Crippen molar-refractivity contribution >= 4 is 27.4 Å². The average Bonchev–Trinajstić information content (AvgIpc) is 3.06. The molecule has 1 saturated heterocycles. The van der Waals surface area contributed by atoms with Crippen molar-refractivity contribution in [3.63, 3.8) is 0 Å². The van der Waals surface area contributed by atoms with Crippen LogP contribution in [0.1, 0.15) is 16.9 Å². The van der Waals surface area contributed by atoms with E-state index in [1.165, 1.54) is 18.0 Å². The minimum absolute atomic E-state index is 0.00564. The Labute approximate surface area is 170 Å². The van der Waals surface area contributed by atoms with Crippen LogP contribution >= 0.6 is 11.3 Å². The standard InChI is InChI=1S/C20H22F3N5S/c21-20(22,23)9-14-8-15-18(25-12-26-19(15)29-14)27-17-6-7-28(11-16(17)24)10-13-4-2-1-3-5-13/h1-5,8,12,16-17H,6-7,9-11,24H2,(H,25,26,27). The van der Waals surface area contributed by atoms with Gasteiger partial charge in [0, 0.05) is 36.6 Å². The summed E-state index contributed by atoms with van der Waals surface area (Å²) >= 11 is 1.05. The fourth-order valence-electron chi connectivity index (χ4n) is 3.70. The maximum atomic E-state index is 12.7. The summed E-state index contributed by atoms with van der Waals surface area (Å²) in [6.45, 7) is 2.48. The summed E-state index contributed by atoms with van der Waals surface area (Å²) in [6, 6.07) is 11.7. The number of nitrogens with two attached hydrogens (primary N) is 1. The highest BCUT2D eigenvalue weighted by molar-refractivity contribution is 7.18. The third-order valence-corrected chi connectivity index (χ3v) is 6.11. The molecule has 1 aromatic carbocycles. The van der Waals surface area contributed by atoms with Crippen molar-refractivity contribution in [2.75, 3.05) is 18.4 Å². The number of anilines is 1. The topological polar surface area (TPSA) is 67.1 Å². The van der Waals surface area contributed by atoms with Gasteiger partial charge in [0.15, 0.2) is 0 Å². The summed E-state index contributed by atoms with van der Waals surface area (Å²) in [6.07, 6.45) is -2.98. The minimum atomic E-state index is -4.24. The number of alkyl halides is 3. The van der Waals surface area contributed by atoms with Gasteiger partial charge in [0.05, 0.1) is 11.8 Å². The molecule has 2 aromatic heterocycles. The molecule has 1 aliphatic heterocycles. The lowest BCUT2D eigenvalue weighted by Crippen LogP contribution is -2.53. The number of thiophene rings is 1. The second-order valence-corrected chi connectivity index (χ2v) is 8.49. The Balaban J connectivity index is 1.43. The Morgan fingerprint density at radius 3 is 2.72 bits per heavy atom. The lowest BCUT2D eigenvalue weighted by molar-refractivity contribution is -0.126. The van der Waals surface area contributed by atoms with Crippen molar-refractivity contribution in [1.82, 2.24) is 14.9 Å². The number of likely N-dealkylation sites (tertiary alicyclic amines) is 1. The first-order valence-corrected chi connectivity index (χ1v) is 10.3. The molecule has 1 aliphatic rings. The molecule has 3 N–H and O–H groups in total. The number of rotatable bonds is 5. The van der Waals surface area contributed by atoms with E-state index in [9.17, 15) is 13.2 Å². The number of nitrogens with zero attached hydrogens (tertiary/aromatic N) is 3. The van der Waals surface area contributed by atoms with E-state index in [0.29, 0.717) is 16.0 Å². The van der Waals surface area contributed by atoms with E-state index in [4.69, 9.17) is 5.73 Å². The van der Waals surface area contributed by atoms with Gasteiger partial charge in [-0.3, -0.25) is 4.90 Å². The molecule has 29 heavy (non-hydrogen) atoms. The lowest BCUT2D eigenvalue weighted by Gasteiger charge is -2.37. The van der Waals surface area contributed by atoms with Gasteiger partial charge in [0.2, 0.25) is 0 Å². The van der Waals surface area contributed by atoms with Gasteiger partial charge in [-0.1, -0.05) is 30.3 Å². The van der Waals surface area contributed by atoms with Crippen LogP contribution in [0.15, 0.2) is 42.7 Å². The highest BCUT2D eigenvalue weighted by Gasteiger charge is 2.30. The molecular formula is C20H22F3N5S. The number of benzene rings is 1. The van der Waals surface area contributed by atoms with Gasteiger partial charge >= 0.3 is 6.18 Å². The van der Waals surface area contributed by atoms with Gasteiger partial charge in [-0.05, 0) is 18.1 Å². The van der Waals surface area contributed by atoms with Crippen molar-refractivity contribution in [2.24, 2.45) is 5.73 Å². The number of halogens is 3. The summed E-state index contributed by atoms with van der Waals surface area (Å²) in [5.74, 6) is 0.552. The van der Waals surface area contributed by atoms with E-state index in [0.717, 1.165) is 37.4 Å². The molecule has 0 radical (unpaired) electrons. The monoisotopic (exact) mass is 421 g/mol. The second-order valence-electron chi connectivity index (χ2n) is 7.37. The molecule has 2 atom stereocenters. The maximum Gasteiger partial charge on any atom is 0.393 e. The molecule has 5 nitrogen and oxygen atoms in total. The number of fused-ring (bicyclic) bond motifs is 1. The first kappa shape index (κ1) is 20.1. The number of aromatic nitrogens is 2. The first-order chi connectivity index (χ1) is 13.9. The normalized spacial score (nSPS) is 20.8. The lowest BCUT2D eigenvalue weighted by atomic mass is 9.99. The zero-order valence-corrected chi connectivity index (χ0v) is 16.5. The SMILES string of the molecule is NC1CN(Cc2ccccc2)CCC1Nc1ncnc2sc(CC(F)(F)F)cc12. The molecule has 9 heteroatoms. The number of hydrogen-bond donors (Lipinski definition) is 2. The highest BCUT2D eigenvalue weighted by atomic mass is 32.1. The molecule has 2 unspecified atom stereocenters. The van der Waals surface area contributed by atoms with Gasteiger partial charge < -0.3 is 11.1 Å². The van der Waals surface area contributed by atoms with Crippen LogP contribution in [0.3, 0.4) is 0 Å². The number of nitrogens with one attached hydrogen (secondary N) is 1. The fraction of sp³-hybridized carbons (Fsp3) is 0.400. The van der Waals surface area contributed by atoms with Gasteiger partial charge in [0.1, 0.15) is 17.0 Å². The van der Waals surface area contributed by atoms with Crippen molar-refractivity contribution in [3.8, 4) is 0 Å². The molecule has 0 spiro atoms. The summed E-state index contributed by atoms with van der Waals surface area (Å²) in [4.78, 5) is 11.5. The largest absolute Gasteiger partial charge is 0.393 e. The smallest absolute Gasteiger partial charge is 0.365 e. The molecule has 3 heterocycles. The van der Waals surface area contributed by atoms with Crippen LogP contribution in [0.5, 0.6) is 0 Å². The molecule has 0 amide bonds. The van der Waals surface area contributed by atoms with Crippen molar-refractivity contribution in [1.29, 1.82) is 0 Å². The average molecular weight is 421 g/mol. The van der Waals surface area contributed by atoms with E-state index >= 15 is 0 Å². The Bertz CT molecular complexity index is 960. The Hall–Kier alpha value is -2.23. The van der Waals surface area contributed by atoms with Crippen LogP contribution in [0.2, 0.25) is 0 Å². The van der Waals surface area contributed by atoms with E-state index in [2.05, 4.69) is 32.3 Å². The highest BCUT2D eigenvalue weighted by Crippen LogP contribution is 2.33. The number of hydrogen-bond acceptors (Lipinski definition) is 6. The van der Waals surface area contributed by atoms with Crippen LogP contribution in [0.25, 0.3) is 10.2 Å². The van der Waals surface area contributed by atoms with Gasteiger partial charge in [0.25, 0.3) is 0 Å². The zero-order valence-electron chi connectivity index (χ0n) is 15.7. The van der Waals surface area contributed by atoms with Gasteiger partial charge in [-0.2, -0.15) is 13.2 Å². The third kappa shape index (κ3) is 5.04. The first-order valence-electron chi connectivity index (χ1n) is 9.46. The molecule has 0 bridgehead atoms. The minimum Gasteiger partial charge on any atom is -0.365 e. The van der Waals surface area contributed by atoms with Gasteiger partial charge in [-0.15, -0.1) is 11.3 Å². The Kier molecular flexibility index (Phi) is 5.71. The van der Waals surface area contributed by atoms with E-state index < -0.39 is 12.6 Å². The van der Waals surface area contributed by atoms with Crippen LogP contribution in [-0.4, -0.2) is 46.2 Å². The van der Waals surface area contributed by atoms with Gasteiger partial charge in [-0.25, -0.2) is 9.97 Å². The summed E-state index contributed by atoms with van der Waals surface area (Å²) < 4.78 is 38.2. The van der Waals surface area contributed by atoms with Crippen LogP contribution in [-0.2, 0) is 13.0 Å². The van der Waals surface area contributed by atoms with E-state index in [1.807, 2.05) is 18.2 Å². The molecule has 3 aromatic rings. The molecular weight excluding hydrogens is 399 g/mol. The quantitative estimate of drug-likeness (QED) is 0.656. The predicted molar refractivity (Wildman–Crippen MR) is 109 cm³/mol. The molecule has 4 rings (SSSR count). The van der Waals surface area contributed by atoms with Crippen LogP contribution in [0, 0.1) is 0 Å². The summed E-state index contributed by atoms with van der Waals surface area (Å²) in [5, 5.41) is 3.98. The summed E-state index contributed by atoms with van der Waals surface area (Å²) in [7, 11) is 0. The molecule has 0 saturated carbocycles. The summed E-state index contributed by atoms with van der Waals surface area (Å²) in [5.41, 5.74) is 7.66. The van der Waals surface area contributed by atoms with E-state index in [-0.39, 0.29) is 17.0 Å². The molecule has 154 valence electrons. The third-order valence-electron chi connectivity index (χ3n) is 5.07. The predicted octanol–water partition coefficient (Wildman–Crippen LogP) is 3.81. The van der Waals surface area contributed by atoms with Crippen molar-refractivity contribution < 1.29 is 13.2 Å². The number of piperidine rings is 1. The Morgan fingerprint density at radius 2 is 2.00 bits per heavy atom. The van der Waals surface area contributed by atoms with E-state index in [1.54, 1.807) is 0 Å². The molecule has 1 fully saturated rings. The fourth-order valence-corrected chi connectivity index (χ4v) is 4.72.